The van der Waals surface area contributed by atoms with Crippen LogP contribution in [0.15, 0.2) is 18.2 Å². The maximum absolute atomic E-state index is 9.59. The summed E-state index contributed by atoms with van der Waals surface area (Å²) in [5, 5.41) is 17.8. The molecule has 0 radical (unpaired) electrons. The Bertz CT molecular complexity index is 464. The number of halogens is 1. The molecule has 1 aromatic carbocycles. The third-order valence-electron chi connectivity index (χ3n) is 3.66. The van der Waals surface area contributed by atoms with Crippen molar-refractivity contribution in [2.24, 2.45) is 5.73 Å². The number of hydrogen-bond acceptors (Lipinski definition) is 3. The van der Waals surface area contributed by atoms with Crippen molar-refractivity contribution >= 4 is 23.1 Å². The maximum atomic E-state index is 9.59. The first kappa shape index (κ1) is 14.2. The molecule has 0 saturated carbocycles. The van der Waals surface area contributed by atoms with Gasteiger partial charge in [-0.3, -0.25) is 5.41 Å². The van der Waals surface area contributed by atoms with Crippen molar-refractivity contribution in [2.75, 3.05) is 18.1 Å². The number of aliphatic hydroxyl groups excluding tert-OH is 1. The number of nitrogens with two attached hydrogens (primary N) is 1. The van der Waals surface area contributed by atoms with E-state index in [9.17, 15) is 5.11 Å². The summed E-state index contributed by atoms with van der Waals surface area (Å²) >= 11 is 6.17. The monoisotopic (exact) mass is 281 g/mol. The fourth-order valence-corrected chi connectivity index (χ4v) is 2.97. The summed E-state index contributed by atoms with van der Waals surface area (Å²) in [4.78, 5) is 2.15. The summed E-state index contributed by atoms with van der Waals surface area (Å²) in [6.07, 6.45) is 4.33. The second-order valence-electron chi connectivity index (χ2n) is 4.93. The van der Waals surface area contributed by atoms with E-state index in [-0.39, 0.29) is 18.5 Å². The van der Waals surface area contributed by atoms with Gasteiger partial charge in [-0.05, 0) is 25.0 Å². The molecule has 1 aliphatic rings. The summed E-state index contributed by atoms with van der Waals surface area (Å²) in [6, 6.07) is 5.62. The minimum absolute atomic E-state index is 0.0264. The predicted octanol–water partition coefficient (Wildman–Crippen LogP) is 2.37. The van der Waals surface area contributed by atoms with Crippen LogP contribution in [0.2, 0.25) is 5.02 Å². The molecule has 19 heavy (non-hydrogen) atoms. The van der Waals surface area contributed by atoms with Crippen LogP contribution in [0.1, 0.15) is 31.2 Å². The molecule has 0 spiro atoms. The Morgan fingerprint density at radius 3 is 2.89 bits per heavy atom. The molecule has 1 heterocycles. The summed E-state index contributed by atoms with van der Waals surface area (Å²) in [5.74, 6) is -0.0264. The second-order valence-corrected chi connectivity index (χ2v) is 5.33. The molecule has 1 unspecified atom stereocenters. The number of rotatable bonds is 3. The molecule has 0 amide bonds. The average molecular weight is 282 g/mol. The molecule has 0 bridgehead atoms. The number of anilines is 1. The SMILES string of the molecule is N=C(N)c1c(Cl)cccc1N1CCCCCC1CO. The van der Waals surface area contributed by atoms with Crippen molar-refractivity contribution in [3.8, 4) is 0 Å². The van der Waals surface area contributed by atoms with Crippen LogP contribution < -0.4 is 10.6 Å². The Morgan fingerprint density at radius 1 is 1.42 bits per heavy atom. The fraction of sp³-hybridized carbons (Fsp3) is 0.500. The van der Waals surface area contributed by atoms with Gasteiger partial charge in [0.15, 0.2) is 0 Å². The first-order chi connectivity index (χ1) is 9.15. The second kappa shape index (κ2) is 6.26. The summed E-state index contributed by atoms with van der Waals surface area (Å²) in [7, 11) is 0. The largest absolute Gasteiger partial charge is 0.394 e. The van der Waals surface area contributed by atoms with E-state index >= 15 is 0 Å². The predicted molar refractivity (Wildman–Crippen MR) is 79.2 cm³/mol. The van der Waals surface area contributed by atoms with E-state index in [0.29, 0.717) is 10.6 Å². The van der Waals surface area contributed by atoms with Gasteiger partial charge in [0.05, 0.1) is 23.2 Å². The van der Waals surface area contributed by atoms with Crippen LogP contribution in [-0.2, 0) is 0 Å². The average Bonchev–Trinajstić information content (AvgIpc) is 2.62. The van der Waals surface area contributed by atoms with Crippen LogP contribution in [0, 0.1) is 5.41 Å². The van der Waals surface area contributed by atoms with E-state index in [1.165, 1.54) is 6.42 Å². The van der Waals surface area contributed by atoms with Crippen molar-refractivity contribution in [1.82, 2.24) is 0 Å². The Kier molecular flexibility index (Phi) is 4.66. The van der Waals surface area contributed by atoms with Crippen LogP contribution in [0.25, 0.3) is 0 Å². The minimum atomic E-state index is -0.0264. The number of nitrogens with zero attached hydrogens (tertiary/aromatic N) is 1. The van der Waals surface area contributed by atoms with Crippen molar-refractivity contribution in [1.29, 1.82) is 5.41 Å². The Labute approximate surface area is 118 Å². The van der Waals surface area contributed by atoms with Crippen molar-refractivity contribution < 1.29 is 5.11 Å². The fourth-order valence-electron chi connectivity index (χ4n) is 2.70. The standard InChI is InChI=1S/C14H20ClN3O/c15-11-6-4-7-12(13(11)14(16)17)18-8-3-1-2-5-10(18)9-19/h4,6-7,10,19H,1-3,5,8-9H2,(H3,16,17). The van der Waals surface area contributed by atoms with Gasteiger partial charge in [0, 0.05) is 12.2 Å². The van der Waals surface area contributed by atoms with Gasteiger partial charge in [0.2, 0.25) is 0 Å². The minimum Gasteiger partial charge on any atom is -0.394 e. The van der Waals surface area contributed by atoms with Crippen LogP contribution in [0.4, 0.5) is 5.69 Å². The van der Waals surface area contributed by atoms with Crippen LogP contribution in [-0.4, -0.2) is 30.1 Å². The maximum Gasteiger partial charge on any atom is 0.126 e. The first-order valence-corrected chi connectivity index (χ1v) is 7.03. The van der Waals surface area contributed by atoms with Gasteiger partial charge in [0.1, 0.15) is 5.84 Å². The Morgan fingerprint density at radius 2 is 2.21 bits per heavy atom. The third kappa shape index (κ3) is 3.01. The first-order valence-electron chi connectivity index (χ1n) is 6.65. The van der Waals surface area contributed by atoms with Gasteiger partial charge in [-0.15, -0.1) is 0 Å². The number of nitrogens with one attached hydrogen (secondary N) is 1. The molecule has 1 aliphatic heterocycles. The van der Waals surface area contributed by atoms with E-state index in [0.717, 1.165) is 31.5 Å². The normalized spacial score (nSPS) is 20.1. The van der Waals surface area contributed by atoms with Crippen LogP contribution in [0.5, 0.6) is 0 Å². The quantitative estimate of drug-likeness (QED) is 0.588. The number of amidine groups is 1. The van der Waals surface area contributed by atoms with Gasteiger partial charge in [-0.25, -0.2) is 0 Å². The number of hydrogen-bond donors (Lipinski definition) is 3. The highest BCUT2D eigenvalue weighted by Gasteiger charge is 2.24. The van der Waals surface area contributed by atoms with Gasteiger partial charge < -0.3 is 15.7 Å². The van der Waals surface area contributed by atoms with Gasteiger partial charge in [-0.2, -0.15) is 0 Å². The smallest absolute Gasteiger partial charge is 0.126 e. The summed E-state index contributed by atoms with van der Waals surface area (Å²) in [6.45, 7) is 0.982. The molecular weight excluding hydrogens is 262 g/mol. The molecule has 104 valence electrons. The molecule has 0 aliphatic carbocycles. The zero-order valence-corrected chi connectivity index (χ0v) is 11.7. The number of benzene rings is 1. The van der Waals surface area contributed by atoms with Crippen molar-refractivity contribution in [3.63, 3.8) is 0 Å². The topological polar surface area (TPSA) is 73.3 Å². The lowest BCUT2D eigenvalue weighted by Crippen LogP contribution is -2.38. The highest BCUT2D eigenvalue weighted by molar-refractivity contribution is 6.34. The molecule has 1 fully saturated rings. The van der Waals surface area contributed by atoms with E-state index in [1.54, 1.807) is 6.07 Å². The van der Waals surface area contributed by atoms with E-state index in [4.69, 9.17) is 22.7 Å². The van der Waals surface area contributed by atoms with Crippen LogP contribution >= 0.6 is 11.6 Å². The van der Waals surface area contributed by atoms with Crippen LogP contribution in [0.3, 0.4) is 0 Å². The molecule has 1 saturated heterocycles. The van der Waals surface area contributed by atoms with Gasteiger partial charge >= 0.3 is 0 Å². The number of nitrogen functional groups attached to an aromatic ring is 1. The molecular formula is C14H20ClN3O. The Hall–Kier alpha value is -1.26. The molecule has 1 atom stereocenters. The molecule has 2 rings (SSSR count). The molecule has 4 nitrogen and oxygen atoms in total. The molecule has 1 aromatic rings. The lowest BCUT2D eigenvalue weighted by atomic mass is 10.1. The lowest BCUT2D eigenvalue weighted by molar-refractivity contribution is 0.255. The molecule has 4 N–H and O–H groups in total. The highest BCUT2D eigenvalue weighted by Crippen LogP contribution is 2.31. The summed E-state index contributed by atoms with van der Waals surface area (Å²) < 4.78 is 0. The van der Waals surface area contributed by atoms with E-state index in [2.05, 4.69) is 4.90 Å². The van der Waals surface area contributed by atoms with Gasteiger partial charge in [0.25, 0.3) is 0 Å². The number of aliphatic hydroxyl groups is 1. The van der Waals surface area contributed by atoms with E-state index < -0.39 is 0 Å². The van der Waals surface area contributed by atoms with Crippen molar-refractivity contribution in [3.05, 3.63) is 28.8 Å². The summed E-state index contributed by atoms with van der Waals surface area (Å²) in [5.41, 5.74) is 7.09. The third-order valence-corrected chi connectivity index (χ3v) is 3.97. The van der Waals surface area contributed by atoms with E-state index in [1.807, 2.05) is 12.1 Å². The lowest BCUT2D eigenvalue weighted by Gasteiger charge is -2.32. The zero-order chi connectivity index (χ0) is 13.8. The highest BCUT2D eigenvalue weighted by atomic mass is 35.5. The zero-order valence-electron chi connectivity index (χ0n) is 10.9. The van der Waals surface area contributed by atoms with Gasteiger partial charge in [-0.1, -0.05) is 30.5 Å². The Balaban J connectivity index is 2.43. The molecule has 5 heteroatoms. The van der Waals surface area contributed by atoms with Crippen molar-refractivity contribution in [2.45, 2.75) is 31.7 Å². The molecule has 0 aromatic heterocycles.